The first-order valence-electron chi connectivity index (χ1n) is 9.47. The molecule has 3 aromatic rings. The molecule has 4 rings (SSSR count). The highest BCUT2D eigenvalue weighted by molar-refractivity contribution is 9.10. The summed E-state index contributed by atoms with van der Waals surface area (Å²) in [6.45, 7) is 0.224. The summed E-state index contributed by atoms with van der Waals surface area (Å²) in [6.07, 6.45) is 1.58. The Morgan fingerprint density at radius 1 is 1.06 bits per heavy atom. The Labute approximate surface area is 203 Å². The molecule has 1 heterocycles. The van der Waals surface area contributed by atoms with Gasteiger partial charge < -0.3 is 14.2 Å². The molecule has 0 fully saturated rings. The van der Waals surface area contributed by atoms with E-state index in [-0.39, 0.29) is 18.2 Å². The summed E-state index contributed by atoms with van der Waals surface area (Å²) in [5.74, 6) is 0.469. The summed E-state index contributed by atoms with van der Waals surface area (Å²) < 4.78 is 17.4. The summed E-state index contributed by atoms with van der Waals surface area (Å²) in [6, 6.07) is 18.1. The van der Waals surface area contributed by atoms with Crippen molar-refractivity contribution >= 4 is 57.1 Å². The SMILES string of the molecule is COc1cc(/C=C2\N=C(c3ccccc3Br)OC2=O)cc(Cl)c1OCc1ccccc1Cl. The van der Waals surface area contributed by atoms with Crippen molar-refractivity contribution in [3.05, 3.63) is 97.6 Å². The molecule has 0 N–H and O–H groups in total. The zero-order chi connectivity index (χ0) is 22.7. The van der Waals surface area contributed by atoms with E-state index >= 15 is 0 Å². The Balaban J connectivity index is 1.61. The van der Waals surface area contributed by atoms with Crippen LogP contribution in [0.3, 0.4) is 0 Å². The minimum Gasteiger partial charge on any atom is -0.493 e. The number of rotatable bonds is 6. The molecule has 162 valence electrons. The van der Waals surface area contributed by atoms with Gasteiger partial charge in [0.1, 0.15) is 6.61 Å². The number of carbonyl (C=O) groups excluding carboxylic acids is 1. The topological polar surface area (TPSA) is 57.1 Å². The van der Waals surface area contributed by atoms with E-state index < -0.39 is 5.97 Å². The first-order chi connectivity index (χ1) is 15.5. The van der Waals surface area contributed by atoms with Crippen LogP contribution in [0.25, 0.3) is 6.08 Å². The predicted molar refractivity (Wildman–Crippen MR) is 129 cm³/mol. The van der Waals surface area contributed by atoms with Crippen LogP contribution in [0.1, 0.15) is 16.7 Å². The predicted octanol–water partition coefficient (Wildman–Crippen LogP) is 6.69. The Bertz CT molecular complexity index is 1260. The number of carbonyl (C=O) groups is 1. The highest BCUT2D eigenvalue weighted by Gasteiger charge is 2.25. The molecule has 0 spiro atoms. The standard InChI is InChI=1S/C24H16BrCl2NO4/c1-30-21-12-14(10-19(27)22(21)31-13-15-6-2-5-9-18(15)26)11-20-24(29)32-23(28-20)16-7-3-4-8-17(16)25/h2-12H,13H2,1H3/b20-11-. The molecular weight excluding hydrogens is 517 g/mol. The van der Waals surface area contributed by atoms with Gasteiger partial charge in [-0.25, -0.2) is 9.79 Å². The van der Waals surface area contributed by atoms with Crippen molar-refractivity contribution in [1.29, 1.82) is 0 Å². The van der Waals surface area contributed by atoms with Crippen LogP contribution in [0, 0.1) is 0 Å². The summed E-state index contributed by atoms with van der Waals surface area (Å²) >= 11 is 16.1. The second kappa shape index (κ2) is 9.77. The fraction of sp³-hybridized carbons (Fsp3) is 0.0833. The number of methoxy groups -OCH3 is 1. The van der Waals surface area contributed by atoms with E-state index in [9.17, 15) is 4.79 Å². The Kier molecular flexibility index (Phi) is 6.84. The number of esters is 1. The van der Waals surface area contributed by atoms with E-state index in [1.165, 1.54) is 7.11 Å². The lowest BCUT2D eigenvalue weighted by Gasteiger charge is -2.14. The van der Waals surface area contributed by atoms with Gasteiger partial charge in [-0.3, -0.25) is 0 Å². The quantitative estimate of drug-likeness (QED) is 0.262. The van der Waals surface area contributed by atoms with Gasteiger partial charge in [-0.05, 0) is 57.9 Å². The third kappa shape index (κ3) is 4.83. The molecule has 1 aliphatic rings. The molecule has 1 aliphatic heterocycles. The van der Waals surface area contributed by atoms with Gasteiger partial charge in [0.05, 0.1) is 17.7 Å². The van der Waals surface area contributed by atoms with Crippen LogP contribution in [0.15, 0.2) is 75.8 Å². The lowest BCUT2D eigenvalue weighted by Crippen LogP contribution is -2.05. The van der Waals surface area contributed by atoms with Crippen LogP contribution >= 0.6 is 39.1 Å². The molecule has 3 aromatic carbocycles. The third-order valence-electron chi connectivity index (χ3n) is 4.61. The fourth-order valence-electron chi connectivity index (χ4n) is 3.05. The minimum atomic E-state index is -0.551. The van der Waals surface area contributed by atoms with Crippen LogP contribution in [0.4, 0.5) is 0 Å². The lowest BCUT2D eigenvalue weighted by atomic mass is 10.1. The fourth-order valence-corrected chi connectivity index (χ4v) is 3.96. The molecule has 0 aliphatic carbocycles. The smallest absolute Gasteiger partial charge is 0.363 e. The highest BCUT2D eigenvalue weighted by atomic mass is 79.9. The van der Waals surface area contributed by atoms with Gasteiger partial charge in [0.2, 0.25) is 5.90 Å². The summed E-state index contributed by atoms with van der Waals surface area (Å²) in [5, 5.41) is 0.923. The van der Waals surface area contributed by atoms with Gasteiger partial charge in [0.15, 0.2) is 17.2 Å². The maximum absolute atomic E-state index is 12.3. The van der Waals surface area contributed by atoms with Crippen LogP contribution < -0.4 is 9.47 Å². The van der Waals surface area contributed by atoms with Gasteiger partial charge in [-0.15, -0.1) is 0 Å². The minimum absolute atomic E-state index is 0.151. The molecule has 32 heavy (non-hydrogen) atoms. The molecule has 0 bridgehead atoms. The van der Waals surface area contributed by atoms with E-state index in [1.54, 1.807) is 24.3 Å². The second-order valence-corrected chi connectivity index (χ2v) is 8.40. The van der Waals surface area contributed by atoms with Crippen molar-refractivity contribution in [3.8, 4) is 11.5 Å². The van der Waals surface area contributed by atoms with E-state index in [1.807, 2.05) is 42.5 Å². The Morgan fingerprint density at radius 3 is 2.56 bits per heavy atom. The van der Waals surface area contributed by atoms with Crippen molar-refractivity contribution in [3.63, 3.8) is 0 Å². The third-order valence-corrected chi connectivity index (χ3v) is 5.95. The van der Waals surface area contributed by atoms with Crippen molar-refractivity contribution in [2.45, 2.75) is 6.61 Å². The molecule has 5 nitrogen and oxygen atoms in total. The van der Waals surface area contributed by atoms with E-state index in [0.29, 0.717) is 32.7 Å². The Hall–Kier alpha value is -2.80. The number of hydrogen-bond acceptors (Lipinski definition) is 5. The molecule has 0 saturated heterocycles. The normalized spacial score (nSPS) is 14.3. The molecule has 0 aromatic heterocycles. The zero-order valence-corrected chi connectivity index (χ0v) is 19.9. The van der Waals surface area contributed by atoms with Crippen molar-refractivity contribution < 1.29 is 19.0 Å². The van der Waals surface area contributed by atoms with E-state index in [4.69, 9.17) is 37.4 Å². The van der Waals surface area contributed by atoms with Crippen molar-refractivity contribution in [2.75, 3.05) is 7.11 Å². The number of ether oxygens (including phenoxy) is 3. The largest absolute Gasteiger partial charge is 0.493 e. The van der Waals surface area contributed by atoms with Gasteiger partial charge in [0.25, 0.3) is 0 Å². The number of hydrogen-bond donors (Lipinski definition) is 0. The van der Waals surface area contributed by atoms with Crippen LogP contribution in [-0.2, 0) is 16.1 Å². The number of cyclic esters (lactones) is 1. The number of nitrogens with zero attached hydrogens (tertiary/aromatic N) is 1. The number of halogens is 3. The van der Waals surface area contributed by atoms with Crippen LogP contribution in [0.5, 0.6) is 11.5 Å². The van der Waals surface area contributed by atoms with Gasteiger partial charge >= 0.3 is 5.97 Å². The Morgan fingerprint density at radius 2 is 1.81 bits per heavy atom. The summed E-state index contributed by atoms with van der Waals surface area (Å²) in [5.41, 5.74) is 2.27. The number of benzene rings is 3. The summed E-state index contributed by atoms with van der Waals surface area (Å²) in [7, 11) is 1.51. The maximum atomic E-state index is 12.3. The first-order valence-corrected chi connectivity index (χ1v) is 11.0. The van der Waals surface area contributed by atoms with Crippen LogP contribution in [0.2, 0.25) is 10.0 Å². The average Bonchev–Trinajstić information content (AvgIpc) is 3.14. The number of aliphatic imine (C=N–C) groups is 1. The van der Waals surface area contributed by atoms with E-state index in [0.717, 1.165) is 10.0 Å². The van der Waals surface area contributed by atoms with Gasteiger partial charge in [0, 0.05) is 15.1 Å². The van der Waals surface area contributed by atoms with Crippen LogP contribution in [-0.4, -0.2) is 19.0 Å². The molecular formula is C24H16BrCl2NO4. The molecule has 0 amide bonds. The highest BCUT2D eigenvalue weighted by Crippen LogP contribution is 2.38. The molecule has 0 radical (unpaired) electrons. The molecule has 0 saturated carbocycles. The van der Waals surface area contributed by atoms with Crippen molar-refractivity contribution in [2.24, 2.45) is 4.99 Å². The molecule has 8 heteroatoms. The lowest BCUT2D eigenvalue weighted by molar-refractivity contribution is -0.129. The van der Waals surface area contributed by atoms with Gasteiger partial charge in [-0.1, -0.05) is 53.5 Å². The van der Waals surface area contributed by atoms with E-state index in [2.05, 4.69) is 20.9 Å². The van der Waals surface area contributed by atoms with Gasteiger partial charge in [-0.2, -0.15) is 0 Å². The first kappa shape index (κ1) is 22.4. The second-order valence-electron chi connectivity index (χ2n) is 6.73. The molecule has 0 atom stereocenters. The summed E-state index contributed by atoms with van der Waals surface area (Å²) in [4.78, 5) is 16.7. The zero-order valence-electron chi connectivity index (χ0n) is 16.8. The van der Waals surface area contributed by atoms with Crippen molar-refractivity contribution in [1.82, 2.24) is 0 Å². The average molecular weight is 533 g/mol. The maximum Gasteiger partial charge on any atom is 0.363 e. The monoisotopic (exact) mass is 531 g/mol. The molecule has 0 unspecified atom stereocenters.